The fourth-order valence-electron chi connectivity index (χ4n) is 2.16. The van der Waals surface area contributed by atoms with Crippen LogP contribution in [0.15, 0.2) is 24.3 Å². The molecule has 1 aromatic rings. The molecular formula is C15H23ClN2O. The van der Waals surface area contributed by atoms with Crippen LogP contribution >= 0.6 is 11.6 Å². The second kappa shape index (κ2) is 7.51. The van der Waals surface area contributed by atoms with E-state index in [2.05, 4.69) is 6.92 Å². The van der Waals surface area contributed by atoms with Crippen molar-refractivity contribution in [2.24, 2.45) is 11.7 Å². The van der Waals surface area contributed by atoms with E-state index in [1.54, 1.807) is 4.90 Å². The maximum Gasteiger partial charge on any atom is 0.227 e. The number of carbonyl (C=O) groups is 1. The van der Waals surface area contributed by atoms with Gasteiger partial charge >= 0.3 is 0 Å². The fraction of sp³-hybridized carbons (Fsp3) is 0.533. The van der Waals surface area contributed by atoms with Gasteiger partial charge in [-0.1, -0.05) is 37.1 Å². The zero-order chi connectivity index (χ0) is 14.4. The Morgan fingerprint density at radius 3 is 2.68 bits per heavy atom. The van der Waals surface area contributed by atoms with Gasteiger partial charge in [-0.2, -0.15) is 0 Å². The van der Waals surface area contributed by atoms with Gasteiger partial charge in [0.25, 0.3) is 0 Å². The molecular weight excluding hydrogens is 260 g/mol. The molecule has 19 heavy (non-hydrogen) atoms. The molecule has 2 unspecified atom stereocenters. The van der Waals surface area contributed by atoms with Crippen LogP contribution in [-0.2, 0) is 4.79 Å². The number of nitrogens with zero attached hydrogens (tertiary/aromatic N) is 1. The van der Waals surface area contributed by atoms with E-state index in [9.17, 15) is 4.79 Å². The van der Waals surface area contributed by atoms with Crippen LogP contribution in [0, 0.1) is 5.92 Å². The molecule has 0 heterocycles. The van der Waals surface area contributed by atoms with Crippen molar-refractivity contribution in [3.05, 3.63) is 34.9 Å². The Hall–Kier alpha value is -1.06. The van der Waals surface area contributed by atoms with Crippen molar-refractivity contribution in [3.8, 4) is 0 Å². The third-order valence-corrected chi connectivity index (χ3v) is 3.77. The van der Waals surface area contributed by atoms with Gasteiger partial charge in [0.1, 0.15) is 0 Å². The van der Waals surface area contributed by atoms with E-state index in [4.69, 9.17) is 17.3 Å². The lowest BCUT2D eigenvalue weighted by atomic mass is 10.00. The molecule has 0 saturated carbocycles. The van der Waals surface area contributed by atoms with E-state index in [1.807, 2.05) is 38.2 Å². The van der Waals surface area contributed by atoms with E-state index < -0.39 is 0 Å². The molecule has 0 aromatic heterocycles. The van der Waals surface area contributed by atoms with Gasteiger partial charge in [0.15, 0.2) is 0 Å². The molecule has 0 saturated heterocycles. The largest absolute Gasteiger partial charge is 0.339 e. The van der Waals surface area contributed by atoms with Crippen molar-refractivity contribution < 1.29 is 4.79 Å². The molecule has 3 nitrogen and oxygen atoms in total. The molecule has 0 bridgehead atoms. The number of nitrogens with two attached hydrogens (primary N) is 1. The molecule has 0 fully saturated rings. The smallest absolute Gasteiger partial charge is 0.227 e. The molecule has 0 radical (unpaired) electrons. The van der Waals surface area contributed by atoms with E-state index in [1.165, 1.54) is 0 Å². The van der Waals surface area contributed by atoms with Crippen LogP contribution in [0.25, 0.3) is 0 Å². The monoisotopic (exact) mass is 282 g/mol. The highest BCUT2D eigenvalue weighted by Crippen LogP contribution is 2.23. The highest BCUT2D eigenvalue weighted by molar-refractivity contribution is 6.30. The van der Waals surface area contributed by atoms with E-state index in [0.29, 0.717) is 11.6 Å². The van der Waals surface area contributed by atoms with Crippen molar-refractivity contribution in [1.82, 2.24) is 4.90 Å². The summed E-state index contributed by atoms with van der Waals surface area (Å²) in [5.41, 5.74) is 6.73. The van der Waals surface area contributed by atoms with E-state index >= 15 is 0 Å². The Kier molecular flexibility index (Phi) is 6.32. The zero-order valence-electron chi connectivity index (χ0n) is 11.9. The lowest BCUT2D eigenvalue weighted by Gasteiger charge is -2.29. The summed E-state index contributed by atoms with van der Waals surface area (Å²) in [6, 6.07) is 7.61. The highest BCUT2D eigenvalue weighted by Gasteiger charge is 2.24. The lowest BCUT2D eigenvalue weighted by Crippen LogP contribution is -2.38. The zero-order valence-corrected chi connectivity index (χ0v) is 12.7. The van der Waals surface area contributed by atoms with Crippen LogP contribution in [0.4, 0.5) is 0 Å². The van der Waals surface area contributed by atoms with Crippen LogP contribution in [-0.4, -0.2) is 24.4 Å². The minimum Gasteiger partial charge on any atom is -0.339 e. The van der Waals surface area contributed by atoms with Gasteiger partial charge in [0, 0.05) is 18.6 Å². The number of hydrogen-bond acceptors (Lipinski definition) is 2. The summed E-state index contributed by atoms with van der Waals surface area (Å²) in [5.74, 6) is 0.0217. The Labute approximate surface area is 120 Å². The first kappa shape index (κ1) is 16.0. The van der Waals surface area contributed by atoms with E-state index in [0.717, 1.165) is 18.4 Å². The average Bonchev–Trinajstić information content (AvgIpc) is 2.42. The summed E-state index contributed by atoms with van der Waals surface area (Å²) >= 11 is 5.99. The first-order valence-corrected chi connectivity index (χ1v) is 7.11. The number of benzene rings is 1. The third kappa shape index (κ3) is 4.22. The van der Waals surface area contributed by atoms with Crippen LogP contribution in [0.5, 0.6) is 0 Å². The molecule has 2 atom stereocenters. The molecule has 1 amide bonds. The molecule has 0 aliphatic carbocycles. The highest BCUT2D eigenvalue weighted by atomic mass is 35.5. The molecule has 106 valence electrons. The summed E-state index contributed by atoms with van der Waals surface area (Å²) < 4.78 is 0. The molecule has 0 spiro atoms. The van der Waals surface area contributed by atoms with Gasteiger partial charge in [-0.15, -0.1) is 0 Å². The van der Waals surface area contributed by atoms with Gasteiger partial charge in [0.2, 0.25) is 5.91 Å². The van der Waals surface area contributed by atoms with Crippen molar-refractivity contribution in [2.75, 3.05) is 13.6 Å². The van der Waals surface area contributed by atoms with Crippen molar-refractivity contribution in [3.63, 3.8) is 0 Å². The molecule has 4 heteroatoms. The maximum atomic E-state index is 12.4. The van der Waals surface area contributed by atoms with Crippen LogP contribution in [0.2, 0.25) is 5.02 Å². The fourth-order valence-corrected chi connectivity index (χ4v) is 2.36. The Balaban J connectivity index is 2.81. The summed E-state index contributed by atoms with van der Waals surface area (Å²) in [7, 11) is 1.83. The van der Waals surface area contributed by atoms with Gasteiger partial charge in [-0.25, -0.2) is 0 Å². The Morgan fingerprint density at radius 2 is 2.16 bits per heavy atom. The van der Waals surface area contributed by atoms with Crippen LogP contribution in [0.3, 0.4) is 0 Å². The quantitative estimate of drug-likeness (QED) is 0.871. The summed E-state index contributed by atoms with van der Waals surface area (Å²) in [4.78, 5) is 14.1. The number of rotatable bonds is 6. The Bertz CT molecular complexity index is 422. The molecule has 0 aliphatic rings. The number of amides is 1. The van der Waals surface area contributed by atoms with Crippen LogP contribution in [0.1, 0.15) is 38.3 Å². The molecule has 1 rings (SSSR count). The topological polar surface area (TPSA) is 46.3 Å². The normalized spacial score (nSPS) is 13.9. The van der Waals surface area contributed by atoms with Crippen LogP contribution < -0.4 is 5.73 Å². The molecule has 0 aliphatic heterocycles. The average molecular weight is 283 g/mol. The summed E-state index contributed by atoms with van der Waals surface area (Å²) in [6.07, 6.45) is 1.80. The second-order valence-electron chi connectivity index (χ2n) is 4.90. The Morgan fingerprint density at radius 1 is 1.47 bits per heavy atom. The second-order valence-corrected chi connectivity index (χ2v) is 5.34. The van der Waals surface area contributed by atoms with Gasteiger partial charge in [-0.3, -0.25) is 4.79 Å². The molecule has 1 aromatic carbocycles. The lowest BCUT2D eigenvalue weighted by molar-refractivity contribution is -0.136. The summed E-state index contributed by atoms with van der Waals surface area (Å²) in [5, 5.41) is 0.689. The third-order valence-electron chi connectivity index (χ3n) is 3.53. The van der Waals surface area contributed by atoms with Gasteiger partial charge < -0.3 is 10.6 Å². The minimum absolute atomic E-state index is 0.00268. The maximum absolute atomic E-state index is 12.4. The van der Waals surface area contributed by atoms with Gasteiger partial charge in [-0.05, 0) is 31.0 Å². The van der Waals surface area contributed by atoms with Crippen molar-refractivity contribution in [2.45, 2.75) is 32.7 Å². The predicted octanol–water partition coefficient (Wildman–Crippen LogP) is 3.23. The first-order chi connectivity index (χ1) is 9.01. The predicted molar refractivity (Wildman–Crippen MR) is 80.1 cm³/mol. The number of halogens is 1. The van der Waals surface area contributed by atoms with E-state index in [-0.39, 0.29) is 17.9 Å². The van der Waals surface area contributed by atoms with Gasteiger partial charge in [0.05, 0.1) is 12.0 Å². The number of hydrogen-bond donors (Lipinski definition) is 1. The molecule has 2 N–H and O–H groups in total. The number of carbonyl (C=O) groups excluding carboxylic acids is 1. The van der Waals surface area contributed by atoms with Crippen molar-refractivity contribution in [1.29, 1.82) is 0 Å². The minimum atomic E-state index is -0.0864. The standard InChI is InChI=1S/C15H23ClN2O/c1-4-6-13(10-17)15(19)18(3)11(2)12-7-5-8-14(16)9-12/h5,7-9,11,13H,4,6,10,17H2,1-3H3. The first-order valence-electron chi connectivity index (χ1n) is 6.73. The summed E-state index contributed by atoms with van der Waals surface area (Å²) in [6.45, 7) is 4.47. The van der Waals surface area contributed by atoms with Crippen molar-refractivity contribution >= 4 is 17.5 Å². The SMILES string of the molecule is CCCC(CN)C(=O)N(C)C(C)c1cccc(Cl)c1.